The van der Waals surface area contributed by atoms with Gasteiger partial charge in [-0.15, -0.1) is 0 Å². The molecule has 4 aromatic rings. The lowest BCUT2D eigenvalue weighted by molar-refractivity contribution is -0.385. The van der Waals surface area contributed by atoms with Crippen molar-refractivity contribution >= 4 is 17.5 Å². The summed E-state index contributed by atoms with van der Waals surface area (Å²) in [7, 11) is 0. The van der Waals surface area contributed by atoms with Gasteiger partial charge < -0.3 is 9.14 Å². The van der Waals surface area contributed by atoms with Gasteiger partial charge in [0.05, 0.1) is 10.6 Å². The van der Waals surface area contributed by atoms with Crippen molar-refractivity contribution in [3.05, 3.63) is 99.9 Å². The second-order valence-corrected chi connectivity index (χ2v) is 6.72. The highest BCUT2D eigenvalue weighted by Crippen LogP contribution is 2.35. The highest BCUT2D eigenvalue weighted by atomic mass is 16.6. The van der Waals surface area contributed by atoms with E-state index in [0.29, 0.717) is 16.8 Å². The summed E-state index contributed by atoms with van der Waals surface area (Å²) in [5.41, 5.74) is 4.37. The molecule has 144 valence electrons. The van der Waals surface area contributed by atoms with Crippen molar-refractivity contribution in [3.8, 4) is 16.9 Å². The zero-order valence-corrected chi connectivity index (χ0v) is 15.7. The number of aryl methyl sites for hydroxylation is 1. The number of carbonyl (C=O) groups is 1. The molecule has 2 heterocycles. The molecule has 2 aromatic heterocycles. The normalized spacial score (nSPS) is 10.8. The molecular weight excluding hydrogens is 368 g/mol. The summed E-state index contributed by atoms with van der Waals surface area (Å²) < 4.78 is 7.49. The Morgan fingerprint density at radius 2 is 1.86 bits per heavy atom. The van der Waals surface area contributed by atoms with E-state index in [1.807, 2.05) is 55.5 Å². The average Bonchev–Trinajstić information content (AvgIpc) is 3.13. The molecule has 0 aliphatic heterocycles. The highest BCUT2D eigenvalue weighted by molar-refractivity contribution is 5.91. The predicted octanol–water partition coefficient (Wildman–Crippen LogP) is 5.21. The molecule has 0 unspecified atom stereocenters. The molecule has 4 rings (SSSR count). The topological polar surface area (TPSA) is 73.8 Å². The van der Waals surface area contributed by atoms with Crippen molar-refractivity contribution in [1.82, 2.24) is 4.40 Å². The first-order valence-electron chi connectivity index (χ1n) is 9.10. The van der Waals surface area contributed by atoms with Crippen molar-refractivity contribution in [2.24, 2.45) is 0 Å². The Balaban J connectivity index is 1.75. The largest absolute Gasteiger partial charge is 0.482 e. The zero-order valence-electron chi connectivity index (χ0n) is 15.7. The van der Waals surface area contributed by atoms with Gasteiger partial charge in [0.1, 0.15) is 6.61 Å². The summed E-state index contributed by atoms with van der Waals surface area (Å²) in [6.07, 6.45) is 2.58. The first kappa shape index (κ1) is 18.4. The standard InChI is InChI=1S/C23H18N2O4/c1-16-6-5-11-24-20(16)13-19(22(24)14-26)18-9-10-23(21(12-18)25(27)28)29-15-17-7-3-2-4-8-17/h2-14H,15H2,1H3. The fourth-order valence-corrected chi connectivity index (χ4v) is 3.40. The number of nitro benzene ring substituents is 1. The first-order chi connectivity index (χ1) is 14.1. The lowest BCUT2D eigenvalue weighted by atomic mass is 10.0. The number of ether oxygens (including phenoxy) is 1. The molecule has 0 spiro atoms. The van der Waals surface area contributed by atoms with Crippen LogP contribution in [0, 0.1) is 17.0 Å². The zero-order chi connectivity index (χ0) is 20.4. The van der Waals surface area contributed by atoms with E-state index in [9.17, 15) is 14.9 Å². The maximum Gasteiger partial charge on any atom is 0.311 e. The minimum atomic E-state index is -0.467. The molecule has 0 saturated carbocycles. The molecule has 0 N–H and O–H groups in total. The number of nitrogens with zero attached hydrogens (tertiary/aromatic N) is 2. The number of aromatic nitrogens is 1. The fourth-order valence-electron chi connectivity index (χ4n) is 3.40. The Morgan fingerprint density at radius 1 is 1.07 bits per heavy atom. The van der Waals surface area contributed by atoms with Gasteiger partial charge in [-0.25, -0.2) is 0 Å². The number of pyridine rings is 1. The van der Waals surface area contributed by atoms with E-state index in [0.717, 1.165) is 22.9 Å². The van der Waals surface area contributed by atoms with Crippen LogP contribution in [-0.2, 0) is 6.61 Å². The lowest BCUT2D eigenvalue weighted by Crippen LogP contribution is -1.99. The summed E-state index contributed by atoms with van der Waals surface area (Å²) in [5, 5.41) is 11.6. The molecule has 0 bridgehead atoms. The summed E-state index contributed by atoms with van der Waals surface area (Å²) in [6.45, 7) is 2.19. The van der Waals surface area contributed by atoms with E-state index in [2.05, 4.69) is 0 Å². The third-order valence-corrected chi connectivity index (χ3v) is 4.88. The van der Waals surface area contributed by atoms with Gasteiger partial charge in [-0.2, -0.15) is 0 Å². The number of hydrogen-bond acceptors (Lipinski definition) is 4. The molecule has 6 heteroatoms. The summed E-state index contributed by atoms with van der Waals surface area (Å²) in [6, 6.07) is 19.9. The Hall–Kier alpha value is -3.93. The maximum absolute atomic E-state index is 11.8. The smallest absolute Gasteiger partial charge is 0.311 e. The number of carbonyl (C=O) groups excluding carboxylic acids is 1. The van der Waals surface area contributed by atoms with E-state index < -0.39 is 4.92 Å². The second kappa shape index (κ2) is 7.59. The van der Waals surface area contributed by atoms with Gasteiger partial charge in [-0.3, -0.25) is 14.9 Å². The van der Waals surface area contributed by atoms with Gasteiger partial charge in [-0.1, -0.05) is 42.5 Å². The number of benzene rings is 2. The molecule has 0 amide bonds. The molecular formula is C23H18N2O4. The Labute approximate surface area is 167 Å². The van der Waals surface area contributed by atoms with Crippen LogP contribution in [0.3, 0.4) is 0 Å². The molecule has 2 aromatic carbocycles. The van der Waals surface area contributed by atoms with Gasteiger partial charge >= 0.3 is 5.69 Å². The van der Waals surface area contributed by atoms with Crippen LogP contribution in [0.2, 0.25) is 0 Å². The van der Waals surface area contributed by atoms with Crippen LogP contribution in [-0.4, -0.2) is 15.6 Å². The number of nitro groups is 1. The number of hydrogen-bond donors (Lipinski definition) is 0. The van der Waals surface area contributed by atoms with Gasteiger partial charge in [-0.05, 0) is 41.8 Å². The Kier molecular flexibility index (Phi) is 4.83. The molecule has 0 saturated heterocycles. The highest BCUT2D eigenvalue weighted by Gasteiger charge is 2.20. The van der Waals surface area contributed by atoms with Crippen LogP contribution in [0.5, 0.6) is 5.75 Å². The quantitative estimate of drug-likeness (QED) is 0.259. The minimum Gasteiger partial charge on any atom is -0.482 e. The predicted molar refractivity (Wildman–Crippen MR) is 110 cm³/mol. The molecule has 0 atom stereocenters. The third-order valence-electron chi connectivity index (χ3n) is 4.88. The van der Waals surface area contributed by atoms with Gasteiger partial charge in [0, 0.05) is 23.3 Å². The van der Waals surface area contributed by atoms with E-state index in [-0.39, 0.29) is 18.0 Å². The van der Waals surface area contributed by atoms with Crippen LogP contribution in [0.4, 0.5) is 5.69 Å². The number of rotatable bonds is 6. The van der Waals surface area contributed by atoms with Crippen LogP contribution >= 0.6 is 0 Å². The van der Waals surface area contributed by atoms with E-state index >= 15 is 0 Å². The molecule has 0 aliphatic carbocycles. The Bertz CT molecular complexity index is 1210. The lowest BCUT2D eigenvalue weighted by Gasteiger charge is -2.08. The Morgan fingerprint density at radius 3 is 2.59 bits per heavy atom. The van der Waals surface area contributed by atoms with Crippen LogP contribution in [0.25, 0.3) is 16.6 Å². The van der Waals surface area contributed by atoms with Gasteiger partial charge in [0.2, 0.25) is 0 Å². The van der Waals surface area contributed by atoms with Crippen molar-refractivity contribution < 1.29 is 14.5 Å². The van der Waals surface area contributed by atoms with Crippen LogP contribution < -0.4 is 4.74 Å². The number of aldehydes is 1. The first-order valence-corrected chi connectivity index (χ1v) is 9.10. The third kappa shape index (κ3) is 3.48. The summed E-state index contributed by atoms with van der Waals surface area (Å²) in [4.78, 5) is 22.9. The van der Waals surface area contributed by atoms with Crippen LogP contribution in [0.15, 0.2) is 72.9 Å². The van der Waals surface area contributed by atoms with E-state index in [1.54, 1.807) is 22.7 Å². The molecule has 6 nitrogen and oxygen atoms in total. The van der Waals surface area contributed by atoms with Crippen molar-refractivity contribution in [3.63, 3.8) is 0 Å². The monoisotopic (exact) mass is 386 g/mol. The summed E-state index contributed by atoms with van der Waals surface area (Å²) >= 11 is 0. The number of fused-ring (bicyclic) bond motifs is 1. The van der Waals surface area contributed by atoms with Crippen molar-refractivity contribution in [2.45, 2.75) is 13.5 Å². The summed E-state index contributed by atoms with van der Waals surface area (Å²) in [5.74, 6) is 0.190. The van der Waals surface area contributed by atoms with Gasteiger partial charge in [0.15, 0.2) is 12.0 Å². The van der Waals surface area contributed by atoms with Crippen molar-refractivity contribution in [2.75, 3.05) is 0 Å². The van der Waals surface area contributed by atoms with Gasteiger partial charge in [0.25, 0.3) is 0 Å². The minimum absolute atomic E-state index is 0.137. The molecule has 0 fully saturated rings. The van der Waals surface area contributed by atoms with E-state index in [1.165, 1.54) is 6.07 Å². The fraction of sp³-hybridized carbons (Fsp3) is 0.0870. The SMILES string of the molecule is Cc1cccn2c(C=O)c(-c3ccc(OCc4ccccc4)c([N+](=O)[O-])c3)cc12. The average molecular weight is 386 g/mol. The molecule has 29 heavy (non-hydrogen) atoms. The maximum atomic E-state index is 11.8. The van der Waals surface area contributed by atoms with Crippen molar-refractivity contribution in [1.29, 1.82) is 0 Å². The van der Waals surface area contributed by atoms with E-state index in [4.69, 9.17) is 4.74 Å². The second-order valence-electron chi connectivity index (χ2n) is 6.72. The van der Waals surface area contributed by atoms with Crippen LogP contribution in [0.1, 0.15) is 21.6 Å². The molecule has 0 aliphatic rings. The molecule has 0 radical (unpaired) electrons.